The van der Waals surface area contributed by atoms with Gasteiger partial charge in [0.25, 0.3) is 0 Å². The third kappa shape index (κ3) is 4.48. The minimum atomic E-state index is 0.134. The summed E-state index contributed by atoms with van der Waals surface area (Å²) in [5.74, 6) is 0.587. The van der Waals surface area contributed by atoms with Gasteiger partial charge in [-0.05, 0) is 37.8 Å². The second-order valence-corrected chi connectivity index (χ2v) is 6.62. The molecular formula is C14H21ClN2OS. The molecule has 5 heteroatoms. The number of carbonyl (C=O) groups is 1. The smallest absolute Gasteiger partial charge is 0.220 e. The second-order valence-electron chi connectivity index (χ2n) is 5.19. The lowest BCUT2D eigenvalue weighted by Gasteiger charge is -2.31. The highest BCUT2D eigenvalue weighted by molar-refractivity contribution is 7.10. The Labute approximate surface area is 123 Å². The SMILES string of the molecule is NCC1CCCCC1NC(=O)CCc1cc(Cl)cs1. The lowest BCUT2D eigenvalue weighted by molar-refractivity contribution is -0.122. The molecule has 0 aromatic carbocycles. The number of nitrogens with one attached hydrogen (secondary N) is 1. The van der Waals surface area contributed by atoms with Crippen LogP contribution in [0.15, 0.2) is 11.4 Å². The number of nitrogens with two attached hydrogens (primary N) is 1. The summed E-state index contributed by atoms with van der Waals surface area (Å²) in [4.78, 5) is 13.1. The van der Waals surface area contributed by atoms with E-state index in [4.69, 9.17) is 17.3 Å². The van der Waals surface area contributed by atoms with Crippen molar-refractivity contribution in [3.05, 3.63) is 21.3 Å². The zero-order valence-electron chi connectivity index (χ0n) is 11.0. The Kier molecular flexibility index (Phi) is 5.67. The van der Waals surface area contributed by atoms with E-state index in [2.05, 4.69) is 5.32 Å². The van der Waals surface area contributed by atoms with Crippen molar-refractivity contribution in [1.29, 1.82) is 0 Å². The Balaban J connectivity index is 1.77. The van der Waals surface area contributed by atoms with E-state index in [1.807, 2.05) is 11.4 Å². The molecule has 2 rings (SSSR count). The number of aryl methyl sites for hydroxylation is 1. The Morgan fingerprint density at radius 3 is 2.95 bits per heavy atom. The summed E-state index contributed by atoms with van der Waals surface area (Å²) in [6, 6.07) is 2.21. The molecule has 1 aliphatic rings. The molecule has 1 fully saturated rings. The minimum Gasteiger partial charge on any atom is -0.353 e. The molecule has 1 aliphatic carbocycles. The van der Waals surface area contributed by atoms with Gasteiger partial charge in [0, 0.05) is 22.7 Å². The number of hydrogen-bond donors (Lipinski definition) is 2. The number of thiophene rings is 1. The number of rotatable bonds is 5. The highest BCUT2D eigenvalue weighted by Gasteiger charge is 2.25. The summed E-state index contributed by atoms with van der Waals surface area (Å²) < 4.78 is 0. The van der Waals surface area contributed by atoms with Crippen LogP contribution in [0.25, 0.3) is 0 Å². The first kappa shape index (κ1) is 14.8. The van der Waals surface area contributed by atoms with E-state index in [0.29, 0.717) is 18.9 Å². The molecule has 0 bridgehead atoms. The summed E-state index contributed by atoms with van der Waals surface area (Å²) in [6.07, 6.45) is 5.94. The standard InChI is InChI=1S/C14H21ClN2OS/c15-11-7-12(19-9-11)5-6-14(18)17-13-4-2-1-3-10(13)8-16/h7,9-10,13H,1-6,8,16H2,(H,17,18). The number of hydrogen-bond acceptors (Lipinski definition) is 3. The van der Waals surface area contributed by atoms with Crippen LogP contribution >= 0.6 is 22.9 Å². The van der Waals surface area contributed by atoms with Crippen molar-refractivity contribution in [3.63, 3.8) is 0 Å². The van der Waals surface area contributed by atoms with Gasteiger partial charge in [-0.15, -0.1) is 11.3 Å². The van der Waals surface area contributed by atoms with E-state index in [0.717, 1.165) is 24.3 Å². The van der Waals surface area contributed by atoms with Crippen LogP contribution in [0.4, 0.5) is 0 Å². The van der Waals surface area contributed by atoms with Crippen LogP contribution < -0.4 is 11.1 Å². The van der Waals surface area contributed by atoms with Crippen molar-refractivity contribution >= 4 is 28.8 Å². The van der Waals surface area contributed by atoms with Crippen molar-refractivity contribution in [2.24, 2.45) is 11.7 Å². The van der Waals surface area contributed by atoms with Gasteiger partial charge in [-0.1, -0.05) is 24.4 Å². The molecule has 1 aromatic rings. The molecule has 0 radical (unpaired) electrons. The van der Waals surface area contributed by atoms with Gasteiger partial charge in [0.15, 0.2) is 0 Å². The molecular weight excluding hydrogens is 280 g/mol. The second kappa shape index (κ2) is 7.27. The highest BCUT2D eigenvalue weighted by atomic mass is 35.5. The molecule has 2 unspecified atom stereocenters. The maximum absolute atomic E-state index is 12.0. The van der Waals surface area contributed by atoms with Crippen LogP contribution in [0.5, 0.6) is 0 Å². The molecule has 1 heterocycles. The molecule has 3 N–H and O–H groups in total. The summed E-state index contributed by atoms with van der Waals surface area (Å²) in [5, 5.41) is 5.81. The molecule has 2 atom stereocenters. The normalized spacial score (nSPS) is 23.3. The highest BCUT2D eigenvalue weighted by Crippen LogP contribution is 2.24. The fraction of sp³-hybridized carbons (Fsp3) is 0.643. The lowest BCUT2D eigenvalue weighted by Crippen LogP contribution is -2.44. The summed E-state index contributed by atoms with van der Waals surface area (Å²) in [7, 11) is 0. The molecule has 0 aliphatic heterocycles. The van der Waals surface area contributed by atoms with E-state index in [1.165, 1.54) is 17.7 Å². The van der Waals surface area contributed by atoms with Gasteiger partial charge >= 0.3 is 0 Å². The van der Waals surface area contributed by atoms with E-state index in [9.17, 15) is 4.79 Å². The van der Waals surface area contributed by atoms with Crippen LogP contribution in [0, 0.1) is 5.92 Å². The summed E-state index contributed by atoms with van der Waals surface area (Å²) in [6.45, 7) is 0.672. The first-order valence-corrected chi connectivity index (χ1v) is 8.17. The molecule has 1 aromatic heterocycles. The molecule has 3 nitrogen and oxygen atoms in total. The fourth-order valence-corrected chi connectivity index (χ4v) is 3.76. The topological polar surface area (TPSA) is 55.1 Å². The fourth-order valence-electron chi connectivity index (χ4n) is 2.68. The van der Waals surface area contributed by atoms with Gasteiger partial charge in [0.1, 0.15) is 0 Å². The summed E-state index contributed by atoms with van der Waals surface area (Å²) in [5.41, 5.74) is 5.77. The van der Waals surface area contributed by atoms with E-state index < -0.39 is 0 Å². The van der Waals surface area contributed by atoms with Gasteiger partial charge in [0.05, 0.1) is 5.02 Å². The Bertz CT molecular complexity index is 421. The molecule has 1 saturated carbocycles. The Morgan fingerprint density at radius 2 is 2.26 bits per heavy atom. The predicted molar refractivity (Wildman–Crippen MR) is 80.6 cm³/mol. The van der Waals surface area contributed by atoms with E-state index in [1.54, 1.807) is 11.3 Å². The quantitative estimate of drug-likeness (QED) is 0.878. The van der Waals surface area contributed by atoms with Gasteiger partial charge in [-0.25, -0.2) is 0 Å². The summed E-state index contributed by atoms with van der Waals surface area (Å²) >= 11 is 7.48. The molecule has 1 amide bonds. The van der Waals surface area contributed by atoms with Gasteiger partial charge in [-0.2, -0.15) is 0 Å². The predicted octanol–water partition coefficient (Wildman–Crippen LogP) is 2.97. The molecule has 0 saturated heterocycles. The van der Waals surface area contributed by atoms with Gasteiger partial charge in [-0.3, -0.25) is 4.79 Å². The monoisotopic (exact) mass is 300 g/mol. The van der Waals surface area contributed by atoms with Crippen LogP contribution in [-0.2, 0) is 11.2 Å². The maximum atomic E-state index is 12.0. The molecule has 19 heavy (non-hydrogen) atoms. The zero-order valence-corrected chi connectivity index (χ0v) is 12.6. The number of carbonyl (C=O) groups excluding carboxylic acids is 1. The van der Waals surface area contributed by atoms with E-state index >= 15 is 0 Å². The largest absolute Gasteiger partial charge is 0.353 e. The molecule has 106 valence electrons. The minimum absolute atomic E-state index is 0.134. The van der Waals surface area contributed by atoms with Crippen molar-refractivity contribution < 1.29 is 4.79 Å². The number of halogens is 1. The van der Waals surface area contributed by atoms with Gasteiger partial charge < -0.3 is 11.1 Å². The zero-order chi connectivity index (χ0) is 13.7. The van der Waals surface area contributed by atoms with Crippen molar-refractivity contribution in [1.82, 2.24) is 5.32 Å². The van der Waals surface area contributed by atoms with Crippen molar-refractivity contribution in [3.8, 4) is 0 Å². The first-order valence-electron chi connectivity index (χ1n) is 6.91. The maximum Gasteiger partial charge on any atom is 0.220 e. The third-order valence-electron chi connectivity index (χ3n) is 3.78. The van der Waals surface area contributed by atoms with Crippen molar-refractivity contribution in [2.75, 3.05) is 6.54 Å². The van der Waals surface area contributed by atoms with Gasteiger partial charge in [0.2, 0.25) is 5.91 Å². The molecule has 0 spiro atoms. The van der Waals surface area contributed by atoms with Crippen LogP contribution in [-0.4, -0.2) is 18.5 Å². The van der Waals surface area contributed by atoms with Crippen LogP contribution in [0.2, 0.25) is 5.02 Å². The average Bonchev–Trinajstić information content (AvgIpc) is 2.83. The lowest BCUT2D eigenvalue weighted by atomic mass is 9.84. The first-order chi connectivity index (χ1) is 9.19. The van der Waals surface area contributed by atoms with E-state index in [-0.39, 0.29) is 11.9 Å². The Morgan fingerprint density at radius 1 is 1.47 bits per heavy atom. The third-order valence-corrected chi connectivity index (χ3v) is 5.12. The Hall–Kier alpha value is -0.580. The van der Waals surface area contributed by atoms with Crippen LogP contribution in [0.1, 0.15) is 37.0 Å². The average molecular weight is 301 g/mol. The van der Waals surface area contributed by atoms with Crippen molar-refractivity contribution in [2.45, 2.75) is 44.6 Å². The van der Waals surface area contributed by atoms with Crippen LogP contribution in [0.3, 0.4) is 0 Å². The number of amides is 1.